The zero-order valence-electron chi connectivity index (χ0n) is 12.7. The maximum absolute atomic E-state index is 13.3. The van der Waals surface area contributed by atoms with E-state index in [1.807, 2.05) is 25.1 Å². The molecule has 1 atom stereocenters. The highest BCUT2D eigenvalue weighted by Gasteiger charge is 2.18. The van der Waals surface area contributed by atoms with Crippen LogP contribution in [0.1, 0.15) is 24.1 Å². The molecule has 0 radical (unpaired) electrons. The molecule has 2 amide bonds. The molecule has 22 heavy (non-hydrogen) atoms. The maximum atomic E-state index is 13.3. The first-order valence-corrected chi connectivity index (χ1v) is 6.94. The fourth-order valence-electron chi connectivity index (χ4n) is 2.11. The topological polar surface area (TPSA) is 32.3 Å². The Morgan fingerprint density at radius 3 is 2.50 bits per heavy atom. The average Bonchev–Trinajstić information content (AvgIpc) is 2.48. The predicted octanol–water partition coefficient (Wildman–Crippen LogP) is 4.50. The Morgan fingerprint density at radius 1 is 1.14 bits per heavy atom. The summed E-state index contributed by atoms with van der Waals surface area (Å²) in [6.07, 6.45) is 0. The Hall–Kier alpha value is -2.43. The van der Waals surface area contributed by atoms with E-state index >= 15 is 0 Å². The number of amides is 2. The molecule has 5 heteroatoms. The van der Waals surface area contributed by atoms with E-state index in [9.17, 15) is 13.6 Å². The van der Waals surface area contributed by atoms with E-state index < -0.39 is 11.6 Å². The number of carbonyl (C=O) groups is 1. The molecule has 0 aliphatic rings. The van der Waals surface area contributed by atoms with Gasteiger partial charge in [-0.3, -0.25) is 0 Å². The molecule has 116 valence electrons. The molecule has 0 heterocycles. The van der Waals surface area contributed by atoms with Gasteiger partial charge in [0.25, 0.3) is 0 Å². The van der Waals surface area contributed by atoms with Gasteiger partial charge in [-0.05, 0) is 49.2 Å². The van der Waals surface area contributed by atoms with E-state index in [4.69, 9.17) is 0 Å². The summed E-state index contributed by atoms with van der Waals surface area (Å²) in [7, 11) is 1.61. The number of benzene rings is 2. The van der Waals surface area contributed by atoms with Crippen LogP contribution < -0.4 is 5.32 Å². The largest absolute Gasteiger partial charge is 0.322 e. The molecule has 0 aliphatic carbocycles. The first-order chi connectivity index (χ1) is 10.4. The Bertz CT molecular complexity index is 688. The molecular formula is C17H18F2N2O. The van der Waals surface area contributed by atoms with Crippen molar-refractivity contribution in [2.75, 3.05) is 12.4 Å². The van der Waals surface area contributed by atoms with Gasteiger partial charge in [-0.25, -0.2) is 13.6 Å². The number of urea groups is 1. The standard InChI is InChI=1S/C17H18F2N2O/c1-11-5-4-6-14(9-11)20-17(22)21(3)12(2)13-7-8-15(18)16(19)10-13/h4-10,12H,1-3H3,(H,20,22). The number of hydrogen-bond donors (Lipinski definition) is 1. The summed E-state index contributed by atoms with van der Waals surface area (Å²) in [6.45, 7) is 3.69. The minimum atomic E-state index is -0.920. The zero-order valence-corrected chi connectivity index (χ0v) is 12.7. The molecule has 1 unspecified atom stereocenters. The van der Waals surface area contributed by atoms with E-state index in [1.54, 1.807) is 20.0 Å². The number of hydrogen-bond acceptors (Lipinski definition) is 1. The number of nitrogens with one attached hydrogen (secondary N) is 1. The lowest BCUT2D eigenvalue weighted by Gasteiger charge is -2.25. The highest BCUT2D eigenvalue weighted by atomic mass is 19.2. The third kappa shape index (κ3) is 3.61. The van der Waals surface area contributed by atoms with E-state index in [1.165, 1.54) is 11.0 Å². The molecular weight excluding hydrogens is 286 g/mol. The van der Waals surface area contributed by atoms with Crippen LogP contribution in [0.5, 0.6) is 0 Å². The molecule has 2 aromatic rings. The van der Waals surface area contributed by atoms with Crippen molar-refractivity contribution in [2.24, 2.45) is 0 Å². The van der Waals surface area contributed by atoms with Crippen molar-refractivity contribution >= 4 is 11.7 Å². The smallest absolute Gasteiger partial charge is 0.321 e. The molecule has 0 aliphatic heterocycles. The van der Waals surface area contributed by atoms with Crippen molar-refractivity contribution < 1.29 is 13.6 Å². The van der Waals surface area contributed by atoms with Crippen LogP contribution in [0.25, 0.3) is 0 Å². The van der Waals surface area contributed by atoms with E-state index in [2.05, 4.69) is 5.32 Å². The van der Waals surface area contributed by atoms with Crippen LogP contribution >= 0.6 is 0 Å². The SMILES string of the molecule is Cc1cccc(NC(=O)N(C)C(C)c2ccc(F)c(F)c2)c1. The van der Waals surface area contributed by atoms with Gasteiger partial charge >= 0.3 is 6.03 Å². The molecule has 3 nitrogen and oxygen atoms in total. The van der Waals surface area contributed by atoms with Gasteiger partial charge in [-0.1, -0.05) is 18.2 Å². The molecule has 2 aromatic carbocycles. The summed E-state index contributed by atoms with van der Waals surface area (Å²) in [5.41, 5.74) is 2.25. The van der Waals surface area contributed by atoms with Crippen LogP contribution in [0, 0.1) is 18.6 Å². The van der Waals surface area contributed by atoms with Crippen LogP contribution in [0.2, 0.25) is 0 Å². The minimum absolute atomic E-state index is 0.317. The fourth-order valence-corrected chi connectivity index (χ4v) is 2.11. The van der Waals surface area contributed by atoms with Gasteiger partial charge < -0.3 is 10.2 Å². The lowest BCUT2D eigenvalue weighted by Crippen LogP contribution is -2.33. The number of rotatable bonds is 3. The minimum Gasteiger partial charge on any atom is -0.321 e. The second-order valence-corrected chi connectivity index (χ2v) is 5.26. The van der Waals surface area contributed by atoms with Crippen molar-refractivity contribution in [2.45, 2.75) is 19.9 Å². The van der Waals surface area contributed by atoms with E-state index in [-0.39, 0.29) is 12.1 Å². The van der Waals surface area contributed by atoms with Gasteiger partial charge in [0.15, 0.2) is 11.6 Å². The Kier molecular flexibility index (Phi) is 4.75. The number of nitrogens with zero attached hydrogens (tertiary/aromatic N) is 1. The number of anilines is 1. The van der Waals surface area contributed by atoms with Gasteiger partial charge in [0.05, 0.1) is 6.04 Å². The lowest BCUT2D eigenvalue weighted by atomic mass is 10.1. The summed E-state index contributed by atoms with van der Waals surface area (Å²) >= 11 is 0. The first kappa shape index (κ1) is 15.9. The molecule has 1 N–H and O–H groups in total. The summed E-state index contributed by atoms with van der Waals surface area (Å²) < 4.78 is 26.3. The molecule has 0 spiro atoms. The van der Waals surface area contributed by atoms with Gasteiger partial charge in [0.2, 0.25) is 0 Å². The fraction of sp³-hybridized carbons (Fsp3) is 0.235. The summed E-state index contributed by atoms with van der Waals surface area (Å²) in [6, 6.07) is 10.4. The normalized spacial score (nSPS) is 11.9. The van der Waals surface area contributed by atoms with Crippen LogP contribution in [0.3, 0.4) is 0 Å². The average molecular weight is 304 g/mol. The number of halogens is 2. The highest BCUT2D eigenvalue weighted by Crippen LogP contribution is 2.22. The molecule has 0 saturated carbocycles. The van der Waals surface area contributed by atoms with Crippen molar-refractivity contribution in [3.63, 3.8) is 0 Å². The van der Waals surface area contributed by atoms with Crippen molar-refractivity contribution in [3.05, 3.63) is 65.2 Å². The first-order valence-electron chi connectivity index (χ1n) is 6.94. The Morgan fingerprint density at radius 2 is 1.86 bits per heavy atom. The molecule has 0 bridgehead atoms. The summed E-state index contributed by atoms with van der Waals surface area (Å²) in [5, 5.41) is 2.78. The monoisotopic (exact) mass is 304 g/mol. The van der Waals surface area contributed by atoms with Gasteiger partial charge in [0, 0.05) is 12.7 Å². The number of aryl methyl sites for hydroxylation is 1. The van der Waals surface area contributed by atoms with Crippen molar-refractivity contribution in [1.29, 1.82) is 0 Å². The lowest BCUT2D eigenvalue weighted by molar-refractivity contribution is 0.208. The highest BCUT2D eigenvalue weighted by molar-refractivity contribution is 5.89. The molecule has 0 saturated heterocycles. The molecule has 2 rings (SSSR count). The van der Waals surface area contributed by atoms with Gasteiger partial charge in [0.1, 0.15) is 0 Å². The van der Waals surface area contributed by atoms with Crippen LogP contribution in [0.15, 0.2) is 42.5 Å². The maximum Gasteiger partial charge on any atom is 0.322 e. The third-order valence-corrected chi connectivity index (χ3v) is 3.60. The molecule has 0 aromatic heterocycles. The van der Waals surface area contributed by atoms with Gasteiger partial charge in [-0.15, -0.1) is 0 Å². The van der Waals surface area contributed by atoms with E-state index in [0.29, 0.717) is 11.3 Å². The summed E-state index contributed by atoms with van der Waals surface area (Å²) in [5.74, 6) is -1.82. The van der Waals surface area contributed by atoms with Crippen molar-refractivity contribution in [1.82, 2.24) is 4.90 Å². The van der Waals surface area contributed by atoms with Gasteiger partial charge in [-0.2, -0.15) is 0 Å². The Balaban J connectivity index is 2.10. The van der Waals surface area contributed by atoms with Crippen LogP contribution in [-0.2, 0) is 0 Å². The van der Waals surface area contributed by atoms with E-state index in [0.717, 1.165) is 17.7 Å². The molecule has 0 fully saturated rings. The summed E-state index contributed by atoms with van der Waals surface area (Å²) in [4.78, 5) is 13.7. The van der Waals surface area contributed by atoms with Crippen LogP contribution in [-0.4, -0.2) is 18.0 Å². The predicted molar refractivity (Wildman–Crippen MR) is 82.7 cm³/mol. The quantitative estimate of drug-likeness (QED) is 0.889. The third-order valence-electron chi connectivity index (χ3n) is 3.60. The van der Waals surface area contributed by atoms with Crippen molar-refractivity contribution in [3.8, 4) is 0 Å². The Labute approximate surface area is 128 Å². The zero-order chi connectivity index (χ0) is 16.3. The second-order valence-electron chi connectivity index (χ2n) is 5.26. The van der Waals surface area contributed by atoms with Crippen LogP contribution in [0.4, 0.5) is 19.3 Å². The second kappa shape index (κ2) is 6.56. The number of carbonyl (C=O) groups excluding carboxylic acids is 1.